The Kier molecular flexibility index (Phi) is 7.31. The first kappa shape index (κ1) is 18.1. The van der Waals surface area contributed by atoms with Crippen molar-refractivity contribution in [2.24, 2.45) is 5.92 Å². The Labute approximate surface area is 138 Å². The van der Waals surface area contributed by atoms with Gasteiger partial charge in [-0.1, -0.05) is 36.7 Å². The maximum absolute atomic E-state index is 12.0. The molecule has 0 spiro atoms. The van der Waals surface area contributed by atoms with Crippen LogP contribution in [-0.4, -0.2) is 40.6 Å². The normalized spacial score (nSPS) is 13.8. The molecule has 7 heteroatoms. The monoisotopic (exact) mass is 375 g/mol. The van der Waals surface area contributed by atoms with Crippen LogP contribution >= 0.6 is 27.3 Å². The zero-order chi connectivity index (χ0) is 16.0. The Balaban J connectivity index is 2.59. The third kappa shape index (κ3) is 5.39. The van der Waals surface area contributed by atoms with E-state index in [1.165, 1.54) is 4.90 Å². The van der Waals surface area contributed by atoms with Gasteiger partial charge in [-0.15, -0.1) is 11.3 Å². The predicted molar refractivity (Wildman–Crippen MR) is 89.0 cm³/mol. The highest BCUT2D eigenvalue weighted by molar-refractivity contribution is 9.09. The van der Waals surface area contributed by atoms with Gasteiger partial charge in [-0.3, -0.25) is 0 Å². The average molecular weight is 376 g/mol. The SMILES string of the molecule is CC(CBr)c1nc(CN(C)C(=O)N[C@H](C=O)C(C)C)cs1. The molecule has 1 aromatic heterocycles. The van der Waals surface area contributed by atoms with Crippen LogP contribution in [0.4, 0.5) is 4.79 Å². The van der Waals surface area contributed by atoms with E-state index in [1.54, 1.807) is 18.4 Å². The maximum Gasteiger partial charge on any atom is 0.318 e. The molecule has 2 amide bonds. The Morgan fingerprint density at radius 3 is 2.71 bits per heavy atom. The molecule has 0 aliphatic carbocycles. The Morgan fingerprint density at radius 1 is 1.52 bits per heavy atom. The number of nitrogens with zero attached hydrogens (tertiary/aromatic N) is 2. The molecule has 0 bridgehead atoms. The van der Waals surface area contributed by atoms with Gasteiger partial charge in [0.15, 0.2) is 0 Å². The van der Waals surface area contributed by atoms with E-state index in [4.69, 9.17) is 0 Å². The molecule has 1 N–H and O–H groups in total. The fourth-order valence-corrected chi connectivity index (χ4v) is 3.00. The van der Waals surface area contributed by atoms with Crippen molar-refractivity contribution in [1.29, 1.82) is 0 Å². The molecule has 0 aliphatic rings. The van der Waals surface area contributed by atoms with Gasteiger partial charge < -0.3 is 15.0 Å². The topological polar surface area (TPSA) is 62.3 Å². The lowest BCUT2D eigenvalue weighted by atomic mass is 10.1. The number of amides is 2. The molecule has 21 heavy (non-hydrogen) atoms. The lowest BCUT2D eigenvalue weighted by molar-refractivity contribution is -0.110. The molecule has 0 saturated heterocycles. The van der Waals surface area contributed by atoms with E-state index < -0.39 is 6.04 Å². The molecule has 0 saturated carbocycles. The standard InChI is InChI=1S/C14H22BrN3O2S/c1-9(2)12(7-19)17-14(20)18(4)6-11-8-21-13(16-11)10(3)5-15/h7-10,12H,5-6H2,1-4H3,(H,17,20)/t10?,12-/m1/s1. The summed E-state index contributed by atoms with van der Waals surface area (Å²) in [5.74, 6) is 0.439. The summed E-state index contributed by atoms with van der Waals surface area (Å²) in [6.07, 6.45) is 0.773. The van der Waals surface area contributed by atoms with Crippen LogP contribution < -0.4 is 5.32 Å². The first-order chi connectivity index (χ1) is 9.88. The average Bonchev–Trinajstić information content (AvgIpc) is 2.91. The summed E-state index contributed by atoms with van der Waals surface area (Å²) in [6, 6.07) is -0.719. The van der Waals surface area contributed by atoms with Crippen LogP contribution in [0.3, 0.4) is 0 Å². The van der Waals surface area contributed by atoms with Crippen LogP contribution in [-0.2, 0) is 11.3 Å². The molecule has 0 fully saturated rings. The van der Waals surface area contributed by atoms with Crippen molar-refractivity contribution in [3.05, 3.63) is 16.1 Å². The Morgan fingerprint density at radius 2 is 2.19 bits per heavy atom. The Bertz CT molecular complexity index is 479. The summed E-state index contributed by atoms with van der Waals surface area (Å²) in [7, 11) is 1.70. The van der Waals surface area contributed by atoms with E-state index in [2.05, 4.69) is 33.2 Å². The quantitative estimate of drug-likeness (QED) is 0.588. The van der Waals surface area contributed by atoms with Gasteiger partial charge in [-0.25, -0.2) is 9.78 Å². The smallest absolute Gasteiger partial charge is 0.318 e. The zero-order valence-electron chi connectivity index (χ0n) is 12.8. The minimum Gasteiger partial charge on any atom is -0.328 e. The molecule has 5 nitrogen and oxygen atoms in total. The number of carbonyl (C=O) groups excluding carboxylic acids is 2. The van der Waals surface area contributed by atoms with Crippen molar-refractivity contribution in [3.63, 3.8) is 0 Å². The number of hydrogen-bond donors (Lipinski definition) is 1. The summed E-state index contributed by atoms with van der Waals surface area (Å²) >= 11 is 5.05. The van der Waals surface area contributed by atoms with Crippen LogP contribution in [0.5, 0.6) is 0 Å². The third-order valence-corrected chi connectivity index (χ3v) is 5.22. The van der Waals surface area contributed by atoms with Gasteiger partial charge in [0.2, 0.25) is 0 Å². The van der Waals surface area contributed by atoms with E-state index >= 15 is 0 Å². The molecule has 1 unspecified atom stereocenters. The highest BCUT2D eigenvalue weighted by Gasteiger charge is 2.18. The second-order valence-corrected chi connectivity index (χ2v) is 6.98. The van der Waals surface area contributed by atoms with Gasteiger partial charge >= 0.3 is 6.03 Å². The van der Waals surface area contributed by atoms with Crippen molar-refractivity contribution in [3.8, 4) is 0 Å². The summed E-state index contributed by atoms with van der Waals surface area (Å²) in [5.41, 5.74) is 0.868. The molecule has 0 aliphatic heterocycles. The van der Waals surface area contributed by atoms with Crippen LogP contribution in [0, 0.1) is 5.92 Å². The fourth-order valence-electron chi connectivity index (χ4n) is 1.61. The van der Waals surface area contributed by atoms with E-state index in [9.17, 15) is 9.59 Å². The van der Waals surface area contributed by atoms with Gasteiger partial charge in [0.1, 0.15) is 6.29 Å². The molecule has 2 atom stereocenters. The molecule has 0 aromatic carbocycles. The highest BCUT2D eigenvalue weighted by Crippen LogP contribution is 2.22. The van der Waals surface area contributed by atoms with E-state index in [-0.39, 0.29) is 11.9 Å². The highest BCUT2D eigenvalue weighted by atomic mass is 79.9. The first-order valence-corrected chi connectivity index (χ1v) is 8.86. The molecule has 118 valence electrons. The fraction of sp³-hybridized carbons (Fsp3) is 0.643. The minimum atomic E-state index is -0.459. The second kappa shape index (κ2) is 8.48. The summed E-state index contributed by atoms with van der Waals surface area (Å²) in [6.45, 7) is 6.33. The van der Waals surface area contributed by atoms with E-state index in [1.807, 2.05) is 19.2 Å². The van der Waals surface area contributed by atoms with Crippen molar-refractivity contribution < 1.29 is 9.59 Å². The summed E-state index contributed by atoms with van der Waals surface area (Å²) in [5, 5.41) is 6.61. The minimum absolute atomic E-state index is 0.0745. The van der Waals surface area contributed by atoms with Gasteiger partial charge in [0, 0.05) is 23.7 Å². The lowest BCUT2D eigenvalue weighted by Crippen LogP contribution is -2.45. The van der Waals surface area contributed by atoms with Crippen LogP contribution in [0.25, 0.3) is 0 Å². The lowest BCUT2D eigenvalue weighted by Gasteiger charge is -2.21. The number of rotatable bonds is 7. The number of aldehydes is 1. The van der Waals surface area contributed by atoms with Gasteiger partial charge in [0.25, 0.3) is 0 Å². The van der Waals surface area contributed by atoms with Crippen molar-refractivity contribution in [2.45, 2.75) is 39.3 Å². The van der Waals surface area contributed by atoms with Gasteiger partial charge in [-0.05, 0) is 5.92 Å². The number of thiazole rings is 1. The number of alkyl halides is 1. The first-order valence-electron chi connectivity index (χ1n) is 6.86. The van der Waals surface area contributed by atoms with E-state index in [0.717, 1.165) is 22.3 Å². The second-order valence-electron chi connectivity index (χ2n) is 5.44. The maximum atomic E-state index is 12.0. The summed E-state index contributed by atoms with van der Waals surface area (Å²) < 4.78 is 0. The molecule has 1 rings (SSSR count). The predicted octanol–water partition coefficient (Wildman–Crippen LogP) is 3.01. The van der Waals surface area contributed by atoms with Gasteiger partial charge in [0.05, 0.1) is 23.3 Å². The Hall–Kier alpha value is -0.950. The largest absolute Gasteiger partial charge is 0.328 e. The van der Waals surface area contributed by atoms with E-state index in [0.29, 0.717) is 12.5 Å². The number of nitrogens with one attached hydrogen (secondary N) is 1. The number of halogens is 1. The van der Waals surface area contributed by atoms with Crippen LogP contribution in [0.1, 0.15) is 37.4 Å². The number of aromatic nitrogens is 1. The molecule has 1 aromatic rings. The van der Waals surface area contributed by atoms with Crippen molar-refractivity contribution >= 4 is 39.6 Å². The zero-order valence-corrected chi connectivity index (χ0v) is 15.2. The van der Waals surface area contributed by atoms with Crippen molar-refractivity contribution in [1.82, 2.24) is 15.2 Å². The number of hydrogen-bond acceptors (Lipinski definition) is 4. The van der Waals surface area contributed by atoms with Gasteiger partial charge in [-0.2, -0.15) is 0 Å². The third-order valence-electron chi connectivity index (χ3n) is 3.12. The number of urea groups is 1. The van der Waals surface area contributed by atoms with Crippen molar-refractivity contribution in [2.75, 3.05) is 12.4 Å². The number of carbonyl (C=O) groups is 2. The summed E-state index contributed by atoms with van der Waals surface area (Å²) in [4.78, 5) is 29.0. The van der Waals surface area contributed by atoms with Crippen LogP contribution in [0.2, 0.25) is 0 Å². The molecular weight excluding hydrogens is 354 g/mol. The molecular formula is C14H22BrN3O2S. The molecule has 1 heterocycles. The van der Waals surface area contributed by atoms with Crippen LogP contribution in [0.15, 0.2) is 5.38 Å². The molecule has 0 radical (unpaired) electrons.